The fourth-order valence-electron chi connectivity index (χ4n) is 3.68. The number of ether oxygens (including phenoxy) is 2. The lowest BCUT2D eigenvalue weighted by Gasteiger charge is -2.16. The van der Waals surface area contributed by atoms with Gasteiger partial charge in [-0.2, -0.15) is 0 Å². The smallest absolute Gasteiger partial charge is 0.191 e. The molecule has 1 heterocycles. The molecule has 0 spiro atoms. The van der Waals surface area contributed by atoms with Gasteiger partial charge < -0.3 is 30.2 Å². The van der Waals surface area contributed by atoms with Crippen molar-refractivity contribution >= 4 is 40.8 Å². The van der Waals surface area contributed by atoms with E-state index in [-0.39, 0.29) is 30.5 Å². The van der Waals surface area contributed by atoms with E-state index in [1.54, 1.807) is 32.4 Å². The Morgan fingerprint density at radius 1 is 1.16 bits per heavy atom. The number of guanidine groups is 1. The molecule has 1 aromatic heterocycles. The predicted octanol–water partition coefficient (Wildman–Crippen LogP) is 3.94. The second-order valence-electron chi connectivity index (χ2n) is 7.33. The number of aryl methyl sites for hydroxylation is 1. The molecule has 4 N–H and O–H groups in total. The van der Waals surface area contributed by atoms with Crippen LogP contribution in [0, 0.1) is 6.92 Å². The minimum Gasteiger partial charge on any atom is -0.497 e. The van der Waals surface area contributed by atoms with Crippen LogP contribution in [0.3, 0.4) is 0 Å². The van der Waals surface area contributed by atoms with Crippen LogP contribution in [-0.4, -0.2) is 49.9 Å². The summed E-state index contributed by atoms with van der Waals surface area (Å²) in [7, 11) is 3.18. The van der Waals surface area contributed by atoms with Crippen molar-refractivity contribution in [2.45, 2.75) is 26.4 Å². The standard InChI is InChI=1S/C24H32N4O3.HI/c1-5-25-24(26-12-11-17-14-27-20-8-6-7-16(2)23(17)20)28-15-21(29)19-13-18(30-3)9-10-22(19)31-4;/h6-10,13-14,21,27,29H,5,11-12,15H2,1-4H3,(H2,25,26,28);1H. The first kappa shape index (κ1) is 25.8. The molecule has 0 aliphatic carbocycles. The summed E-state index contributed by atoms with van der Waals surface area (Å²) in [6.45, 7) is 5.81. The van der Waals surface area contributed by atoms with E-state index in [4.69, 9.17) is 9.47 Å². The van der Waals surface area contributed by atoms with Crippen LogP contribution in [0.25, 0.3) is 10.9 Å². The van der Waals surface area contributed by atoms with Gasteiger partial charge >= 0.3 is 0 Å². The molecule has 0 fully saturated rings. The number of halogens is 1. The quantitative estimate of drug-likeness (QED) is 0.184. The van der Waals surface area contributed by atoms with Crippen molar-refractivity contribution in [3.05, 3.63) is 59.3 Å². The predicted molar refractivity (Wildman–Crippen MR) is 141 cm³/mol. The van der Waals surface area contributed by atoms with Gasteiger partial charge in [0, 0.05) is 35.8 Å². The van der Waals surface area contributed by atoms with E-state index < -0.39 is 6.10 Å². The number of aliphatic hydroxyl groups excluding tert-OH is 1. The maximum Gasteiger partial charge on any atom is 0.191 e. The third-order valence-electron chi connectivity index (χ3n) is 5.25. The van der Waals surface area contributed by atoms with Crippen molar-refractivity contribution in [3.63, 3.8) is 0 Å². The summed E-state index contributed by atoms with van der Waals surface area (Å²) in [5, 5.41) is 18.6. The third kappa shape index (κ3) is 6.29. The van der Waals surface area contributed by atoms with E-state index in [0.717, 1.165) is 25.0 Å². The van der Waals surface area contributed by atoms with Gasteiger partial charge in [-0.05, 0) is 55.7 Å². The van der Waals surface area contributed by atoms with Gasteiger partial charge in [0.15, 0.2) is 5.96 Å². The van der Waals surface area contributed by atoms with Crippen LogP contribution in [0.2, 0.25) is 0 Å². The highest BCUT2D eigenvalue weighted by Gasteiger charge is 2.15. The molecule has 0 amide bonds. The Hall–Kier alpha value is -2.46. The molecular weight excluding hydrogens is 519 g/mol. The Kier molecular flexibility index (Phi) is 10.1. The summed E-state index contributed by atoms with van der Waals surface area (Å²) in [6, 6.07) is 11.7. The summed E-state index contributed by atoms with van der Waals surface area (Å²) in [6.07, 6.45) is 2.13. The van der Waals surface area contributed by atoms with E-state index in [9.17, 15) is 5.11 Å². The zero-order chi connectivity index (χ0) is 22.2. The highest BCUT2D eigenvalue weighted by Crippen LogP contribution is 2.29. The van der Waals surface area contributed by atoms with E-state index in [2.05, 4.69) is 51.9 Å². The Balaban J connectivity index is 0.00000363. The number of nitrogens with zero attached hydrogens (tertiary/aromatic N) is 1. The number of benzene rings is 2. The number of H-pyrrole nitrogens is 1. The Labute approximate surface area is 206 Å². The molecule has 2 aromatic carbocycles. The molecule has 0 bridgehead atoms. The summed E-state index contributed by atoms with van der Waals surface area (Å²) < 4.78 is 10.6. The van der Waals surface area contributed by atoms with Crippen molar-refractivity contribution in [3.8, 4) is 11.5 Å². The van der Waals surface area contributed by atoms with Crippen LogP contribution in [-0.2, 0) is 6.42 Å². The van der Waals surface area contributed by atoms with Gasteiger partial charge in [0.25, 0.3) is 0 Å². The lowest BCUT2D eigenvalue weighted by molar-refractivity contribution is 0.182. The number of aromatic nitrogens is 1. The van der Waals surface area contributed by atoms with E-state index in [1.165, 1.54) is 16.5 Å². The van der Waals surface area contributed by atoms with Gasteiger partial charge in [-0.1, -0.05) is 12.1 Å². The number of methoxy groups -OCH3 is 2. The Bertz CT molecular complexity index is 1040. The number of aromatic amines is 1. The van der Waals surface area contributed by atoms with Crippen molar-refractivity contribution in [1.29, 1.82) is 0 Å². The monoisotopic (exact) mass is 552 g/mol. The summed E-state index contributed by atoms with van der Waals surface area (Å²) in [5.41, 5.74) is 4.35. The first-order valence-electron chi connectivity index (χ1n) is 10.5. The van der Waals surface area contributed by atoms with Crippen LogP contribution < -0.4 is 20.1 Å². The van der Waals surface area contributed by atoms with E-state index in [1.807, 2.05) is 6.92 Å². The number of hydrogen-bond donors (Lipinski definition) is 4. The molecule has 7 nitrogen and oxygen atoms in total. The van der Waals surface area contributed by atoms with Gasteiger partial charge in [0.1, 0.15) is 17.6 Å². The van der Waals surface area contributed by atoms with Crippen LogP contribution in [0.5, 0.6) is 11.5 Å². The van der Waals surface area contributed by atoms with Crippen LogP contribution in [0.1, 0.15) is 29.7 Å². The highest BCUT2D eigenvalue weighted by atomic mass is 127. The number of fused-ring (bicyclic) bond motifs is 1. The zero-order valence-electron chi connectivity index (χ0n) is 19.1. The molecule has 0 radical (unpaired) electrons. The van der Waals surface area contributed by atoms with Crippen LogP contribution >= 0.6 is 24.0 Å². The van der Waals surface area contributed by atoms with Gasteiger partial charge in [-0.3, -0.25) is 4.99 Å². The molecule has 0 aliphatic rings. The van der Waals surface area contributed by atoms with E-state index >= 15 is 0 Å². The largest absolute Gasteiger partial charge is 0.497 e. The lowest BCUT2D eigenvalue weighted by Crippen LogP contribution is -2.38. The molecule has 3 aromatic rings. The molecule has 0 saturated carbocycles. The molecular formula is C24H33IN4O3. The lowest BCUT2D eigenvalue weighted by atomic mass is 10.1. The van der Waals surface area contributed by atoms with Gasteiger partial charge in [0.05, 0.1) is 20.8 Å². The Morgan fingerprint density at radius 2 is 1.97 bits per heavy atom. The van der Waals surface area contributed by atoms with Crippen molar-refractivity contribution in [2.24, 2.45) is 4.99 Å². The topological polar surface area (TPSA) is 90.9 Å². The first-order chi connectivity index (χ1) is 15.1. The number of rotatable bonds is 9. The second-order valence-corrected chi connectivity index (χ2v) is 7.33. The molecule has 1 atom stereocenters. The highest BCUT2D eigenvalue weighted by molar-refractivity contribution is 14.0. The van der Waals surface area contributed by atoms with Crippen molar-refractivity contribution in [1.82, 2.24) is 15.6 Å². The molecule has 3 rings (SSSR count). The SMILES string of the molecule is CCNC(=NCC(O)c1cc(OC)ccc1OC)NCCc1c[nH]c2cccc(C)c12.I. The molecule has 174 valence electrons. The average molecular weight is 552 g/mol. The second kappa shape index (κ2) is 12.5. The summed E-state index contributed by atoms with van der Waals surface area (Å²) >= 11 is 0. The number of aliphatic hydroxyl groups is 1. The number of aliphatic imine (C=N–C) groups is 1. The van der Waals surface area contributed by atoms with Crippen LogP contribution in [0.15, 0.2) is 47.6 Å². The minimum atomic E-state index is -0.809. The third-order valence-corrected chi connectivity index (χ3v) is 5.25. The average Bonchev–Trinajstić information content (AvgIpc) is 3.21. The number of nitrogens with one attached hydrogen (secondary N) is 3. The first-order valence-corrected chi connectivity index (χ1v) is 10.5. The fraction of sp³-hybridized carbons (Fsp3) is 0.375. The summed E-state index contributed by atoms with van der Waals surface area (Å²) in [5.74, 6) is 1.94. The maximum atomic E-state index is 10.7. The minimum absolute atomic E-state index is 0. The normalized spacial score (nSPS) is 12.2. The fourth-order valence-corrected chi connectivity index (χ4v) is 3.68. The molecule has 0 aliphatic heterocycles. The molecule has 32 heavy (non-hydrogen) atoms. The number of hydrogen-bond acceptors (Lipinski definition) is 4. The maximum absolute atomic E-state index is 10.7. The molecule has 0 saturated heterocycles. The van der Waals surface area contributed by atoms with Gasteiger partial charge in [-0.25, -0.2) is 0 Å². The van der Waals surface area contributed by atoms with Crippen molar-refractivity contribution in [2.75, 3.05) is 33.9 Å². The molecule has 8 heteroatoms. The van der Waals surface area contributed by atoms with Gasteiger partial charge in [-0.15, -0.1) is 24.0 Å². The molecule has 1 unspecified atom stereocenters. The van der Waals surface area contributed by atoms with Crippen molar-refractivity contribution < 1.29 is 14.6 Å². The van der Waals surface area contributed by atoms with Gasteiger partial charge in [0.2, 0.25) is 0 Å². The Morgan fingerprint density at radius 3 is 2.69 bits per heavy atom. The zero-order valence-corrected chi connectivity index (χ0v) is 21.4. The summed E-state index contributed by atoms with van der Waals surface area (Å²) in [4.78, 5) is 7.90. The van der Waals surface area contributed by atoms with E-state index in [0.29, 0.717) is 23.0 Å². The van der Waals surface area contributed by atoms with Crippen LogP contribution in [0.4, 0.5) is 0 Å².